The lowest BCUT2D eigenvalue weighted by Gasteiger charge is -2.28. The number of rotatable bonds is 6. The highest BCUT2D eigenvalue weighted by Crippen LogP contribution is 2.29. The fraction of sp³-hybridized carbons (Fsp3) is 0.533. The molecule has 118 valence electrons. The Hall–Kier alpha value is -1.33. The Kier molecular flexibility index (Phi) is 6.42. The zero-order chi connectivity index (χ0) is 16.0. The number of carbonyl (C=O) groups is 1. The van der Waals surface area contributed by atoms with E-state index in [0.29, 0.717) is 24.7 Å². The summed E-state index contributed by atoms with van der Waals surface area (Å²) < 4.78 is 13.1. The molecule has 0 aliphatic heterocycles. The van der Waals surface area contributed by atoms with E-state index in [1.54, 1.807) is 6.07 Å². The summed E-state index contributed by atoms with van der Waals surface area (Å²) in [5, 5.41) is 12.1. The zero-order valence-corrected chi connectivity index (χ0v) is 13.4. The number of hydrogen-bond acceptors (Lipinski definition) is 2. The number of aliphatic hydroxyl groups excluding tert-OH is 1. The van der Waals surface area contributed by atoms with Gasteiger partial charge < -0.3 is 15.3 Å². The molecule has 1 rings (SSSR count). The van der Waals surface area contributed by atoms with E-state index in [2.05, 4.69) is 5.32 Å². The van der Waals surface area contributed by atoms with Crippen LogP contribution in [-0.2, 0) is 5.41 Å². The molecule has 4 nitrogen and oxygen atoms in total. The van der Waals surface area contributed by atoms with Gasteiger partial charge in [-0.05, 0) is 24.6 Å². The molecule has 0 bridgehead atoms. The molecule has 0 spiro atoms. The number of aliphatic hydroxyl groups is 1. The lowest BCUT2D eigenvalue weighted by Crippen LogP contribution is -2.45. The molecular formula is C15H22ClFN2O2. The summed E-state index contributed by atoms with van der Waals surface area (Å²) in [6.07, 6.45) is 0. The topological polar surface area (TPSA) is 52.6 Å². The Bertz CT molecular complexity index is 495. The summed E-state index contributed by atoms with van der Waals surface area (Å²) in [5.74, 6) is -0.385. The van der Waals surface area contributed by atoms with Crippen molar-refractivity contribution >= 4 is 17.6 Å². The van der Waals surface area contributed by atoms with E-state index in [-0.39, 0.29) is 18.5 Å². The molecule has 0 heterocycles. The highest BCUT2D eigenvalue weighted by molar-refractivity contribution is 6.31. The van der Waals surface area contributed by atoms with Crippen LogP contribution >= 0.6 is 11.6 Å². The third-order valence-corrected chi connectivity index (χ3v) is 3.69. The molecular weight excluding hydrogens is 295 g/mol. The van der Waals surface area contributed by atoms with Gasteiger partial charge in [-0.1, -0.05) is 31.5 Å². The first-order chi connectivity index (χ1) is 9.81. The molecule has 0 atom stereocenters. The van der Waals surface area contributed by atoms with Gasteiger partial charge in [0.15, 0.2) is 0 Å². The first-order valence-electron chi connectivity index (χ1n) is 6.91. The Labute approximate surface area is 129 Å². The highest BCUT2D eigenvalue weighted by Gasteiger charge is 2.25. The molecule has 2 amide bonds. The quantitative estimate of drug-likeness (QED) is 0.848. The molecule has 0 aliphatic carbocycles. The predicted molar refractivity (Wildman–Crippen MR) is 82.2 cm³/mol. The number of likely N-dealkylation sites (N-methyl/N-ethyl adjacent to an activating group) is 1. The van der Waals surface area contributed by atoms with Crippen molar-refractivity contribution in [2.24, 2.45) is 0 Å². The number of carbonyl (C=O) groups excluding carboxylic acids is 1. The van der Waals surface area contributed by atoms with E-state index in [9.17, 15) is 9.18 Å². The van der Waals surface area contributed by atoms with Gasteiger partial charge in [0, 0.05) is 30.1 Å². The SMILES string of the molecule is CCN(CCO)C(=O)NCC(C)(C)c1ccc(F)cc1Cl. The van der Waals surface area contributed by atoms with Gasteiger partial charge >= 0.3 is 6.03 Å². The van der Waals surface area contributed by atoms with E-state index in [4.69, 9.17) is 16.7 Å². The molecule has 0 radical (unpaired) electrons. The number of nitrogens with one attached hydrogen (secondary N) is 1. The van der Waals surface area contributed by atoms with Crippen LogP contribution in [0.2, 0.25) is 5.02 Å². The average molecular weight is 317 g/mol. The van der Waals surface area contributed by atoms with Crippen molar-refractivity contribution in [2.75, 3.05) is 26.2 Å². The van der Waals surface area contributed by atoms with Crippen LogP contribution < -0.4 is 5.32 Å². The minimum Gasteiger partial charge on any atom is -0.395 e. The van der Waals surface area contributed by atoms with Crippen LogP contribution in [-0.4, -0.2) is 42.3 Å². The van der Waals surface area contributed by atoms with Crippen molar-refractivity contribution in [1.82, 2.24) is 10.2 Å². The molecule has 0 saturated carbocycles. The Morgan fingerprint density at radius 3 is 2.67 bits per heavy atom. The lowest BCUT2D eigenvalue weighted by molar-refractivity contribution is 0.178. The second kappa shape index (κ2) is 7.61. The van der Waals surface area contributed by atoms with E-state index in [0.717, 1.165) is 5.56 Å². The maximum absolute atomic E-state index is 13.1. The molecule has 21 heavy (non-hydrogen) atoms. The second-order valence-corrected chi connectivity index (χ2v) is 5.88. The van der Waals surface area contributed by atoms with E-state index >= 15 is 0 Å². The summed E-state index contributed by atoms with van der Waals surface area (Å²) >= 11 is 6.07. The highest BCUT2D eigenvalue weighted by atomic mass is 35.5. The molecule has 0 unspecified atom stereocenters. The molecule has 1 aromatic rings. The largest absolute Gasteiger partial charge is 0.395 e. The fourth-order valence-electron chi connectivity index (χ4n) is 2.07. The molecule has 6 heteroatoms. The summed E-state index contributed by atoms with van der Waals surface area (Å²) in [5.41, 5.74) is 0.343. The molecule has 0 fully saturated rings. The Balaban J connectivity index is 2.74. The second-order valence-electron chi connectivity index (χ2n) is 5.47. The lowest BCUT2D eigenvalue weighted by atomic mass is 9.84. The summed E-state index contributed by atoms with van der Waals surface area (Å²) in [4.78, 5) is 13.5. The molecule has 1 aromatic carbocycles. The maximum Gasteiger partial charge on any atom is 0.317 e. The van der Waals surface area contributed by atoms with Crippen molar-refractivity contribution in [3.8, 4) is 0 Å². The fourth-order valence-corrected chi connectivity index (χ4v) is 2.49. The average Bonchev–Trinajstić information content (AvgIpc) is 2.41. The number of amides is 2. The zero-order valence-electron chi connectivity index (χ0n) is 12.6. The number of halogens is 2. The van der Waals surface area contributed by atoms with Crippen LogP contribution in [0.15, 0.2) is 18.2 Å². The summed E-state index contributed by atoms with van der Waals surface area (Å²) in [6, 6.07) is 4.02. The van der Waals surface area contributed by atoms with Crippen LogP contribution in [0.1, 0.15) is 26.3 Å². The van der Waals surface area contributed by atoms with Crippen LogP contribution in [0.4, 0.5) is 9.18 Å². The Morgan fingerprint density at radius 2 is 2.14 bits per heavy atom. The molecule has 0 saturated heterocycles. The number of hydrogen-bond donors (Lipinski definition) is 2. The molecule has 2 N–H and O–H groups in total. The predicted octanol–water partition coefficient (Wildman–Crippen LogP) is 2.78. The van der Waals surface area contributed by atoms with Crippen molar-refractivity contribution in [3.63, 3.8) is 0 Å². The molecule has 0 aliphatic rings. The van der Waals surface area contributed by atoms with E-state index < -0.39 is 5.41 Å². The minimum absolute atomic E-state index is 0.0750. The van der Waals surface area contributed by atoms with Gasteiger partial charge in [0.1, 0.15) is 5.82 Å². The van der Waals surface area contributed by atoms with Gasteiger partial charge in [0.2, 0.25) is 0 Å². The van der Waals surface area contributed by atoms with E-state index in [1.807, 2.05) is 20.8 Å². The van der Waals surface area contributed by atoms with Gasteiger partial charge in [-0.15, -0.1) is 0 Å². The van der Waals surface area contributed by atoms with Crippen molar-refractivity contribution < 1.29 is 14.3 Å². The number of benzene rings is 1. The normalized spacial score (nSPS) is 11.3. The van der Waals surface area contributed by atoms with Crippen molar-refractivity contribution in [2.45, 2.75) is 26.2 Å². The van der Waals surface area contributed by atoms with Gasteiger partial charge in [-0.2, -0.15) is 0 Å². The summed E-state index contributed by atoms with van der Waals surface area (Å²) in [6.45, 7) is 6.79. The van der Waals surface area contributed by atoms with Crippen LogP contribution in [0.3, 0.4) is 0 Å². The van der Waals surface area contributed by atoms with Gasteiger partial charge in [0.05, 0.1) is 6.61 Å². The number of nitrogens with zero attached hydrogens (tertiary/aromatic N) is 1. The van der Waals surface area contributed by atoms with Crippen molar-refractivity contribution in [3.05, 3.63) is 34.6 Å². The van der Waals surface area contributed by atoms with Crippen LogP contribution in [0.25, 0.3) is 0 Å². The smallest absolute Gasteiger partial charge is 0.317 e. The first kappa shape index (κ1) is 17.7. The number of urea groups is 1. The van der Waals surface area contributed by atoms with Gasteiger partial charge in [0.25, 0.3) is 0 Å². The molecule has 0 aromatic heterocycles. The van der Waals surface area contributed by atoms with Gasteiger partial charge in [-0.25, -0.2) is 9.18 Å². The van der Waals surface area contributed by atoms with Crippen molar-refractivity contribution in [1.29, 1.82) is 0 Å². The maximum atomic E-state index is 13.1. The monoisotopic (exact) mass is 316 g/mol. The first-order valence-corrected chi connectivity index (χ1v) is 7.28. The van der Waals surface area contributed by atoms with Gasteiger partial charge in [-0.3, -0.25) is 0 Å². The Morgan fingerprint density at radius 1 is 1.48 bits per heavy atom. The standard InChI is InChI=1S/C15H22ClFN2O2/c1-4-19(7-8-20)14(21)18-10-15(2,3)12-6-5-11(17)9-13(12)16/h5-6,9,20H,4,7-8,10H2,1-3H3,(H,18,21). The minimum atomic E-state index is -0.431. The van der Waals surface area contributed by atoms with Crippen LogP contribution in [0, 0.1) is 5.82 Å². The summed E-state index contributed by atoms with van der Waals surface area (Å²) in [7, 11) is 0. The van der Waals surface area contributed by atoms with E-state index in [1.165, 1.54) is 17.0 Å². The van der Waals surface area contributed by atoms with Crippen LogP contribution in [0.5, 0.6) is 0 Å². The third kappa shape index (κ3) is 4.86. The third-order valence-electron chi connectivity index (χ3n) is 3.38.